The fraction of sp³-hybridized carbons (Fsp3) is 0.486. The summed E-state index contributed by atoms with van der Waals surface area (Å²) in [5.74, 6) is 1.41. The summed E-state index contributed by atoms with van der Waals surface area (Å²) < 4.78 is 28.7. The molecule has 1 atom stereocenters. The molecule has 0 N–H and O–H groups in total. The van der Waals surface area contributed by atoms with Crippen molar-refractivity contribution in [3.05, 3.63) is 60.2 Å². The normalized spacial score (nSPS) is 16.9. The van der Waals surface area contributed by atoms with Crippen molar-refractivity contribution in [2.45, 2.75) is 64.3 Å². The van der Waals surface area contributed by atoms with Crippen LogP contribution in [-0.2, 0) is 25.5 Å². The molecule has 0 unspecified atom stereocenters. The minimum absolute atomic E-state index is 0.110. The highest BCUT2D eigenvalue weighted by molar-refractivity contribution is 6.02. The maximum Gasteiger partial charge on any atom is 0.410 e. The van der Waals surface area contributed by atoms with Gasteiger partial charge in [-0.1, -0.05) is 36.4 Å². The van der Waals surface area contributed by atoms with E-state index in [1.807, 2.05) is 56.0 Å². The van der Waals surface area contributed by atoms with Crippen LogP contribution in [0.3, 0.4) is 0 Å². The summed E-state index contributed by atoms with van der Waals surface area (Å²) in [5, 5.41) is 2.03. The van der Waals surface area contributed by atoms with E-state index >= 15 is 0 Å². The van der Waals surface area contributed by atoms with E-state index in [1.54, 1.807) is 19.1 Å². The Balaban J connectivity index is 1.50. The van der Waals surface area contributed by atoms with Gasteiger partial charge in [0, 0.05) is 44.7 Å². The molecule has 3 aromatic carbocycles. The molecule has 0 aromatic heterocycles. The van der Waals surface area contributed by atoms with E-state index in [-0.39, 0.29) is 25.1 Å². The highest BCUT2D eigenvalue weighted by Gasteiger charge is 2.40. The third kappa shape index (κ3) is 7.63. The van der Waals surface area contributed by atoms with Crippen LogP contribution in [0.1, 0.15) is 45.6 Å². The first-order valence-corrected chi connectivity index (χ1v) is 15.4. The third-order valence-corrected chi connectivity index (χ3v) is 7.80. The highest BCUT2D eigenvalue weighted by atomic mass is 16.6. The lowest BCUT2D eigenvalue weighted by Gasteiger charge is -2.36. The summed E-state index contributed by atoms with van der Waals surface area (Å²) in [5.41, 5.74) is 2.38. The van der Waals surface area contributed by atoms with E-state index in [4.69, 9.17) is 23.7 Å². The molecule has 2 amide bonds. The van der Waals surface area contributed by atoms with E-state index < -0.39 is 17.8 Å². The second kappa shape index (κ2) is 13.9. The van der Waals surface area contributed by atoms with E-state index in [1.165, 1.54) is 0 Å². The smallest absolute Gasteiger partial charge is 0.410 e. The van der Waals surface area contributed by atoms with Gasteiger partial charge in [0.05, 0.1) is 26.9 Å². The Bertz CT molecular complexity index is 1460. The molecule has 5 rings (SSSR count). The first-order valence-electron chi connectivity index (χ1n) is 15.4. The summed E-state index contributed by atoms with van der Waals surface area (Å²) >= 11 is 0. The van der Waals surface area contributed by atoms with Gasteiger partial charge in [-0.25, -0.2) is 4.79 Å². The molecule has 0 radical (unpaired) electrons. The van der Waals surface area contributed by atoms with Crippen molar-refractivity contribution < 1.29 is 33.3 Å². The molecule has 1 saturated heterocycles. The fourth-order valence-corrected chi connectivity index (χ4v) is 5.58. The first-order chi connectivity index (χ1) is 21.2. The van der Waals surface area contributed by atoms with Gasteiger partial charge in [-0.2, -0.15) is 0 Å². The van der Waals surface area contributed by atoms with Gasteiger partial charge in [-0.3, -0.25) is 4.79 Å². The highest BCUT2D eigenvalue weighted by Crippen LogP contribution is 2.41. The second-order valence-electron chi connectivity index (χ2n) is 12.4. The number of carbonyl (C=O) groups excluding carboxylic acids is 2. The number of methoxy groups -OCH3 is 2. The predicted octanol–water partition coefficient (Wildman–Crippen LogP) is 6.06. The number of rotatable bonds is 11. The molecule has 0 spiro atoms. The van der Waals surface area contributed by atoms with Crippen LogP contribution in [0.4, 0.5) is 4.79 Å². The lowest BCUT2D eigenvalue weighted by molar-refractivity contribution is -0.150. The molecule has 0 bridgehead atoms. The van der Waals surface area contributed by atoms with Crippen LogP contribution in [0.5, 0.6) is 11.5 Å². The predicted molar refractivity (Wildman–Crippen MR) is 169 cm³/mol. The van der Waals surface area contributed by atoms with Crippen molar-refractivity contribution >= 4 is 22.8 Å². The van der Waals surface area contributed by atoms with Gasteiger partial charge >= 0.3 is 6.09 Å². The van der Waals surface area contributed by atoms with Crippen LogP contribution >= 0.6 is 0 Å². The molecular formula is C35H44N2O7. The van der Waals surface area contributed by atoms with Crippen molar-refractivity contribution in [3.63, 3.8) is 0 Å². The molecule has 1 aliphatic heterocycles. The summed E-state index contributed by atoms with van der Waals surface area (Å²) in [6.45, 7) is 7.82. The Morgan fingerprint density at radius 2 is 1.77 bits per heavy atom. The topological polar surface area (TPSA) is 86.8 Å². The van der Waals surface area contributed by atoms with Gasteiger partial charge in [-0.05, 0) is 73.9 Å². The van der Waals surface area contributed by atoms with Gasteiger partial charge in [0.2, 0.25) is 0 Å². The number of amides is 2. The van der Waals surface area contributed by atoms with Crippen molar-refractivity contribution in [2.75, 3.05) is 47.1 Å². The number of nitrogens with zero attached hydrogens (tertiary/aromatic N) is 2. The zero-order valence-electron chi connectivity index (χ0n) is 26.5. The largest absolute Gasteiger partial charge is 0.497 e. The lowest BCUT2D eigenvalue weighted by Crippen LogP contribution is -2.53. The van der Waals surface area contributed by atoms with Gasteiger partial charge in [-0.15, -0.1) is 0 Å². The van der Waals surface area contributed by atoms with Crippen LogP contribution in [0, 0.1) is 0 Å². The molecule has 1 aliphatic carbocycles. The second-order valence-corrected chi connectivity index (χ2v) is 12.4. The van der Waals surface area contributed by atoms with Crippen molar-refractivity contribution in [3.8, 4) is 22.6 Å². The average Bonchev–Trinajstić information content (AvgIpc) is 3.86. The van der Waals surface area contributed by atoms with Gasteiger partial charge in [0.1, 0.15) is 17.1 Å². The van der Waals surface area contributed by atoms with Crippen LogP contribution in [0.2, 0.25) is 0 Å². The van der Waals surface area contributed by atoms with Gasteiger partial charge in [0.15, 0.2) is 6.10 Å². The van der Waals surface area contributed by atoms with Crippen molar-refractivity contribution in [1.82, 2.24) is 9.80 Å². The Labute approximate surface area is 260 Å². The van der Waals surface area contributed by atoms with E-state index in [9.17, 15) is 9.59 Å². The van der Waals surface area contributed by atoms with Gasteiger partial charge < -0.3 is 33.5 Å². The Hall–Kier alpha value is -3.82. The number of ether oxygens (including phenoxy) is 5. The summed E-state index contributed by atoms with van der Waals surface area (Å²) in [6.07, 6.45) is 1.43. The Morgan fingerprint density at radius 1 is 1.00 bits per heavy atom. The molecule has 3 aromatic rings. The van der Waals surface area contributed by atoms with Crippen LogP contribution < -0.4 is 9.47 Å². The third-order valence-electron chi connectivity index (χ3n) is 7.80. The van der Waals surface area contributed by atoms with Crippen LogP contribution in [0.25, 0.3) is 21.9 Å². The minimum atomic E-state index is -0.762. The molecule has 2 fully saturated rings. The van der Waals surface area contributed by atoms with Crippen LogP contribution in [-0.4, -0.2) is 86.7 Å². The number of hydrogen-bond donors (Lipinski definition) is 0. The van der Waals surface area contributed by atoms with E-state index in [0.717, 1.165) is 58.2 Å². The molecule has 2 aliphatic rings. The summed E-state index contributed by atoms with van der Waals surface area (Å²) in [4.78, 5) is 30.5. The standard InChI is InChI=1S/C35H44N2O7/c1-35(2,3)44-34(39)36-16-19-43-31(23-36)33(38)37(26-14-15-26)22-25-21-30(42-18-9-17-40-4)28-12-6-7-13-29(28)32(25)24-10-8-11-27(20-24)41-5/h6-8,10-13,20-21,26,31H,9,14-19,22-23H2,1-5H3/t31-/m1/s1. The zero-order chi connectivity index (χ0) is 31.3. The molecule has 9 nitrogen and oxygen atoms in total. The van der Waals surface area contributed by atoms with E-state index in [2.05, 4.69) is 24.3 Å². The molecule has 236 valence electrons. The Kier molecular flexibility index (Phi) is 9.96. The van der Waals surface area contributed by atoms with Crippen molar-refractivity contribution in [2.24, 2.45) is 0 Å². The molecule has 1 saturated carbocycles. The SMILES string of the molecule is COCCCOc1cc(CN(C(=O)[C@H]2CN(C(=O)OC(C)(C)C)CCO2)C2CC2)c(-c2cccc(OC)c2)c2ccccc12. The van der Waals surface area contributed by atoms with Gasteiger partial charge in [0.25, 0.3) is 5.91 Å². The van der Waals surface area contributed by atoms with E-state index in [0.29, 0.717) is 26.3 Å². The maximum absolute atomic E-state index is 14.1. The first kappa shape index (κ1) is 31.6. The zero-order valence-corrected chi connectivity index (χ0v) is 26.5. The quantitative estimate of drug-likeness (QED) is 0.246. The maximum atomic E-state index is 14.1. The number of hydrogen-bond acceptors (Lipinski definition) is 7. The lowest BCUT2D eigenvalue weighted by atomic mass is 9.92. The van der Waals surface area contributed by atoms with Crippen LogP contribution in [0.15, 0.2) is 54.6 Å². The molecular weight excluding hydrogens is 560 g/mol. The number of benzene rings is 3. The monoisotopic (exact) mass is 604 g/mol. The number of morpholine rings is 1. The average molecular weight is 605 g/mol. The fourth-order valence-electron chi connectivity index (χ4n) is 5.58. The molecule has 9 heteroatoms. The number of carbonyl (C=O) groups is 2. The minimum Gasteiger partial charge on any atom is -0.497 e. The molecule has 1 heterocycles. The van der Waals surface area contributed by atoms with Crippen molar-refractivity contribution in [1.29, 1.82) is 0 Å². The summed E-state index contributed by atoms with van der Waals surface area (Å²) in [7, 11) is 3.34. The number of fused-ring (bicyclic) bond motifs is 1. The molecule has 44 heavy (non-hydrogen) atoms. The summed E-state index contributed by atoms with van der Waals surface area (Å²) in [6, 6.07) is 18.4. The Morgan fingerprint density at radius 3 is 2.48 bits per heavy atom.